The Bertz CT molecular complexity index is 1370. The molecule has 4 rings (SSSR count). The summed E-state index contributed by atoms with van der Waals surface area (Å²) in [7, 11) is 3.02. The summed E-state index contributed by atoms with van der Waals surface area (Å²) in [5, 5.41) is 4.15. The van der Waals surface area contributed by atoms with Crippen molar-refractivity contribution >= 4 is 23.2 Å². The molecule has 3 heterocycles. The van der Waals surface area contributed by atoms with Crippen LogP contribution >= 0.6 is 0 Å². The topological polar surface area (TPSA) is 108 Å². The van der Waals surface area contributed by atoms with Crippen LogP contribution in [0.25, 0.3) is 11.2 Å². The van der Waals surface area contributed by atoms with E-state index in [-0.39, 0.29) is 11.7 Å². The number of anilines is 1. The van der Waals surface area contributed by atoms with E-state index in [1.165, 1.54) is 11.6 Å². The van der Waals surface area contributed by atoms with Crippen LogP contribution in [-0.4, -0.2) is 29.9 Å². The van der Waals surface area contributed by atoms with Gasteiger partial charge in [-0.2, -0.15) is 10.1 Å². The molecule has 10 heteroatoms. The number of rotatable bonds is 6. The molecular formula is C21H21N7O3. The number of pyridine rings is 1. The van der Waals surface area contributed by atoms with Gasteiger partial charge in [-0.05, 0) is 48.9 Å². The van der Waals surface area contributed by atoms with Gasteiger partial charge in [0.25, 0.3) is 5.56 Å². The zero-order chi connectivity index (χ0) is 22.0. The van der Waals surface area contributed by atoms with E-state index >= 15 is 0 Å². The number of nitrogens with zero attached hydrogens (tertiary/aromatic N) is 6. The number of hydrazone groups is 1. The SMILES string of the molecule is CCn1c(Oc2ccc(/C=N/Nc3ccccn3)cc2)nc2c1c(=O)n(C)c(=O)n2C. The summed E-state index contributed by atoms with van der Waals surface area (Å²) in [4.78, 5) is 33.3. The number of hydrogen-bond donors (Lipinski definition) is 1. The maximum absolute atomic E-state index is 12.6. The van der Waals surface area contributed by atoms with E-state index in [0.717, 1.165) is 10.1 Å². The summed E-state index contributed by atoms with van der Waals surface area (Å²) in [6.07, 6.45) is 3.35. The lowest BCUT2D eigenvalue weighted by molar-refractivity contribution is 0.418. The van der Waals surface area contributed by atoms with Gasteiger partial charge in [0.05, 0.1) is 6.21 Å². The summed E-state index contributed by atoms with van der Waals surface area (Å²) in [6.45, 7) is 2.34. The summed E-state index contributed by atoms with van der Waals surface area (Å²) < 4.78 is 9.98. The van der Waals surface area contributed by atoms with Crippen LogP contribution in [0.4, 0.5) is 5.82 Å². The van der Waals surface area contributed by atoms with Gasteiger partial charge in [-0.25, -0.2) is 9.78 Å². The molecule has 0 fully saturated rings. The fourth-order valence-corrected chi connectivity index (χ4v) is 3.13. The smallest absolute Gasteiger partial charge is 0.332 e. The second-order valence-electron chi connectivity index (χ2n) is 6.77. The Labute approximate surface area is 177 Å². The third-order valence-corrected chi connectivity index (χ3v) is 4.78. The van der Waals surface area contributed by atoms with Crippen LogP contribution in [0.3, 0.4) is 0 Å². The van der Waals surface area contributed by atoms with Gasteiger partial charge in [0.2, 0.25) is 0 Å². The molecule has 1 aromatic carbocycles. The monoisotopic (exact) mass is 419 g/mol. The minimum absolute atomic E-state index is 0.244. The van der Waals surface area contributed by atoms with Crippen LogP contribution in [-0.2, 0) is 20.6 Å². The van der Waals surface area contributed by atoms with Crippen molar-refractivity contribution < 1.29 is 4.74 Å². The van der Waals surface area contributed by atoms with Crippen LogP contribution in [0.15, 0.2) is 63.4 Å². The first-order chi connectivity index (χ1) is 15.0. The number of nitrogens with one attached hydrogen (secondary N) is 1. The molecule has 31 heavy (non-hydrogen) atoms. The molecule has 158 valence electrons. The van der Waals surface area contributed by atoms with E-state index in [1.54, 1.807) is 36.2 Å². The van der Waals surface area contributed by atoms with Crippen molar-refractivity contribution in [3.05, 3.63) is 75.1 Å². The standard InChI is InChI=1S/C21H21N7O3/c1-4-28-17-18(26(2)21(30)27(3)19(17)29)24-20(28)31-15-10-8-14(9-11-15)13-23-25-16-7-5-6-12-22-16/h5-13H,4H2,1-3H3,(H,22,25)/b23-13+. The fourth-order valence-electron chi connectivity index (χ4n) is 3.13. The Hall–Kier alpha value is -4.21. The molecule has 4 aromatic rings. The molecular weight excluding hydrogens is 398 g/mol. The van der Waals surface area contributed by atoms with E-state index in [2.05, 4.69) is 20.5 Å². The van der Waals surface area contributed by atoms with Crippen molar-refractivity contribution in [2.45, 2.75) is 13.5 Å². The van der Waals surface area contributed by atoms with Gasteiger partial charge in [0.1, 0.15) is 11.6 Å². The van der Waals surface area contributed by atoms with Crippen LogP contribution in [0.2, 0.25) is 0 Å². The van der Waals surface area contributed by atoms with Gasteiger partial charge in [0, 0.05) is 26.8 Å². The number of fused-ring (bicyclic) bond motifs is 1. The van der Waals surface area contributed by atoms with Gasteiger partial charge in [-0.15, -0.1) is 0 Å². The van der Waals surface area contributed by atoms with Crippen LogP contribution in [0.1, 0.15) is 12.5 Å². The molecule has 0 saturated heterocycles. The highest BCUT2D eigenvalue weighted by atomic mass is 16.5. The third-order valence-electron chi connectivity index (χ3n) is 4.78. The Balaban J connectivity index is 1.58. The molecule has 0 aliphatic carbocycles. The third kappa shape index (κ3) is 3.82. The van der Waals surface area contributed by atoms with Crippen molar-refractivity contribution in [1.82, 2.24) is 23.7 Å². The molecule has 0 radical (unpaired) electrons. The largest absolute Gasteiger partial charge is 0.425 e. The molecule has 0 saturated carbocycles. The second kappa shape index (κ2) is 8.27. The van der Waals surface area contributed by atoms with Gasteiger partial charge in [-0.3, -0.25) is 23.9 Å². The van der Waals surface area contributed by atoms with Crippen molar-refractivity contribution in [1.29, 1.82) is 0 Å². The highest BCUT2D eigenvalue weighted by Crippen LogP contribution is 2.24. The Morgan fingerprint density at radius 2 is 1.87 bits per heavy atom. The molecule has 0 bridgehead atoms. The van der Waals surface area contributed by atoms with Crippen molar-refractivity contribution in [2.24, 2.45) is 19.2 Å². The lowest BCUT2D eigenvalue weighted by Gasteiger charge is -2.07. The maximum atomic E-state index is 12.6. The maximum Gasteiger partial charge on any atom is 0.332 e. The summed E-state index contributed by atoms with van der Waals surface area (Å²) >= 11 is 0. The number of aromatic nitrogens is 5. The van der Waals surface area contributed by atoms with Gasteiger partial charge in [-0.1, -0.05) is 6.07 Å². The van der Waals surface area contributed by atoms with E-state index < -0.39 is 11.2 Å². The molecule has 0 unspecified atom stereocenters. The quantitative estimate of drug-likeness (QED) is 0.379. The Morgan fingerprint density at radius 1 is 1.10 bits per heavy atom. The van der Waals surface area contributed by atoms with Crippen molar-refractivity contribution in [3.8, 4) is 11.8 Å². The minimum Gasteiger partial charge on any atom is -0.425 e. The Morgan fingerprint density at radius 3 is 2.55 bits per heavy atom. The molecule has 0 atom stereocenters. The molecule has 3 aromatic heterocycles. The van der Waals surface area contributed by atoms with E-state index in [4.69, 9.17) is 4.74 Å². The first kappa shape index (κ1) is 20.1. The van der Waals surface area contributed by atoms with E-state index in [9.17, 15) is 9.59 Å². The second-order valence-corrected chi connectivity index (χ2v) is 6.77. The molecule has 0 aliphatic rings. The Kier molecular flexibility index (Phi) is 5.35. The van der Waals surface area contributed by atoms with Gasteiger partial charge < -0.3 is 4.74 Å². The predicted octanol–water partition coefficient (Wildman–Crippen LogP) is 2.09. The molecule has 0 amide bonds. The molecule has 10 nitrogen and oxygen atoms in total. The number of benzene rings is 1. The number of imidazole rings is 1. The summed E-state index contributed by atoms with van der Waals surface area (Å²) in [5.74, 6) is 1.19. The number of aryl methyl sites for hydroxylation is 2. The lowest BCUT2D eigenvalue weighted by Crippen LogP contribution is -2.37. The zero-order valence-corrected chi connectivity index (χ0v) is 17.3. The van der Waals surface area contributed by atoms with Crippen LogP contribution in [0, 0.1) is 0 Å². The summed E-state index contributed by atoms with van der Waals surface area (Å²) in [6, 6.07) is 13.0. The highest BCUT2D eigenvalue weighted by Gasteiger charge is 2.19. The van der Waals surface area contributed by atoms with Crippen molar-refractivity contribution in [2.75, 3.05) is 5.43 Å². The van der Waals surface area contributed by atoms with E-state index in [1.807, 2.05) is 37.3 Å². The van der Waals surface area contributed by atoms with E-state index in [0.29, 0.717) is 23.6 Å². The summed E-state index contributed by atoms with van der Waals surface area (Å²) in [5.41, 5.74) is 3.48. The van der Waals surface area contributed by atoms with Crippen LogP contribution < -0.4 is 21.4 Å². The average Bonchev–Trinajstić information content (AvgIpc) is 3.16. The predicted molar refractivity (Wildman–Crippen MR) is 118 cm³/mol. The fraction of sp³-hybridized carbons (Fsp3) is 0.190. The van der Waals surface area contributed by atoms with Gasteiger partial charge in [0.15, 0.2) is 11.2 Å². The normalized spacial score (nSPS) is 11.3. The number of hydrogen-bond acceptors (Lipinski definition) is 7. The molecule has 0 spiro atoms. The first-order valence-electron chi connectivity index (χ1n) is 9.64. The average molecular weight is 419 g/mol. The minimum atomic E-state index is -0.437. The zero-order valence-electron chi connectivity index (χ0n) is 17.3. The molecule has 1 N–H and O–H groups in total. The lowest BCUT2D eigenvalue weighted by atomic mass is 10.2. The first-order valence-corrected chi connectivity index (χ1v) is 9.64. The molecule has 0 aliphatic heterocycles. The number of ether oxygens (including phenoxy) is 1. The van der Waals surface area contributed by atoms with Crippen molar-refractivity contribution in [3.63, 3.8) is 0 Å². The van der Waals surface area contributed by atoms with Gasteiger partial charge >= 0.3 is 11.7 Å². The highest BCUT2D eigenvalue weighted by molar-refractivity contribution is 5.80. The van der Waals surface area contributed by atoms with Crippen LogP contribution in [0.5, 0.6) is 11.8 Å².